The predicted octanol–water partition coefficient (Wildman–Crippen LogP) is 0.939. The van der Waals surface area contributed by atoms with Crippen molar-refractivity contribution in [3.63, 3.8) is 0 Å². The van der Waals surface area contributed by atoms with Crippen molar-refractivity contribution in [3.05, 3.63) is 47.5 Å². The van der Waals surface area contributed by atoms with E-state index in [0.717, 1.165) is 5.56 Å². The fraction of sp³-hybridized carbons (Fsp3) is 0.556. The summed E-state index contributed by atoms with van der Waals surface area (Å²) in [5.74, 6) is -1.41. The Morgan fingerprint density at radius 1 is 1.15 bits per heavy atom. The Hall–Kier alpha value is -3.60. The van der Waals surface area contributed by atoms with E-state index in [2.05, 4.69) is 10.2 Å². The summed E-state index contributed by atoms with van der Waals surface area (Å²) in [4.78, 5) is 42.9. The lowest BCUT2D eigenvalue weighted by Gasteiger charge is -2.42. The van der Waals surface area contributed by atoms with Crippen LogP contribution in [0, 0.1) is 11.3 Å². The number of carbonyl (C=O) groups is 3. The second-order valence-electron chi connectivity index (χ2n) is 10.5. The van der Waals surface area contributed by atoms with Crippen LogP contribution in [0.4, 0.5) is 9.59 Å². The topological polar surface area (TPSA) is 156 Å². The van der Waals surface area contributed by atoms with Crippen molar-refractivity contribution >= 4 is 25.2 Å². The molecule has 40 heavy (non-hydrogen) atoms. The van der Waals surface area contributed by atoms with Crippen molar-refractivity contribution in [2.45, 2.75) is 50.7 Å². The molecule has 13 heteroatoms. The minimum absolute atomic E-state index is 0.00294. The second-order valence-corrected chi connectivity index (χ2v) is 10.5. The van der Waals surface area contributed by atoms with E-state index in [1.165, 1.54) is 12.0 Å². The van der Waals surface area contributed by atoms with Crippen LogP contribution in [0.15, 0.2) is 42.0 Å². The molecule has 0 aliphatic carbocycles. The van der Waals surface area contributed by atoms with E-state index in [-0.39, 0.29) is 24.6 Å². The van der Waals surface area contributed by atoms with Gasteiger partial charge in [0.25, 0.3) is 5.91 Å². The molecule has 0 radical (unpaired) electrons. The first-order chi connectivity index (χ1) is 19.0. The Balaban J connectivity index is 1.58. The number of likely N-dealkylation sites (tertiary alicyclic amines) is 1. The van der Waals surface area contributed by atoms with Gasteiger partial charge >= 0.3 is 19.3 Å². The molecule has 3 amide bonds. The lowest BCUT2D eigenvalue weighted by molar-refractivity contribution is -0.129. The van der Waals surface area contributed by atoms with Gasteiger partial charge in [-0.15, -0.1) is 0 Å². The Labute approximate surface area is 235 Å². The largest absolute Gasteiger partial charge is 0.475 e. The van der Waals surface area contributed by atoms with Gasteiger partial charge in [0.2, 0.25) is 0 Å². The smallest absolute Gasteiger partial charge is 0.453 e. The lowest BCUT2D eigenvalue weighted by atomic mass is 9.76. The van der Waals surface area contributed by atoms with Crippen molar-refractivity contribution in [2.24, 2.45) is 0 Å². The Kier molecular flexibility index (Phi) is 11.0. The van der Waals surface area contributed by atoms with Crippen molar-refractivity contribution in [1.29, 1.82) is 5.26 Å². The molecule has 1 aromatic rings. The zero-order valence-electron chi connectivity index (χ0n) is 23.3. The molecule has 12 nitrogen and oxygen atoms in total. The molecular weight excluding hydrogens is 517 g/mol. The van der Waals surface area contributed by atoms with Crippen molar-refractivity contribution in [3.8, 4) is 6.07 Å². The number of hydrogen-bond donors (Lipinski definition) is 3. The van der Waals surface area contributed by atoms with Crippen LogP contribution in [-0.2, 0) is 20.7 Å². The highest BCUT2D eigenvalue weighted by Gasteiger charge is 2.34. The molecule has 0 aromatic heterocycles. The van der Waals surface area contributed by atoms with Gasteiger partial charge in [-0.3, -0.25) is 9.69 Å². The van der Waals surface area contributed by atoms with E-state index in [9.17, 15) is 29.7 Å². The fourth-order valence-corrected chi connectivity index (χ4v) is 5.01. The van der Waals surface area contributed by atoms with Gasteiger partial charge in [-0.1, -0.05) is 30.3 Å². The third kappa shape index (κ3) is 8.45. The number of ether oxygens (including phenoxy) is 2. The molecule has 1 unspecified atom stereocenters. The highest BCUT2D eigenvalue weighted by Crippen LogP contribution is 2.23. The molecule has 3 N–H and O–H groups in total. The van der Waals surface area contributed by atoms with Crippen LogP contribution in [0.2, 0.25) is 0 Å². The summed E-state index contributed by atoms with van der Waals surface area (Å²) in [7, 11) is -0.441. The minimum Gasteiger partial charge on any atom is -0.453 e. The standard InChI is InChI=1S/C27H38BN5O7/c1-27(2,33-14-12-31(13-15-33)26(36)39-3)17-21(18-29)24(34)32-11-7-10-22(19-32)40-25(35)30-23(28(37)38)16-20-8-5-4-6-9-20/h4-6,8-9,17,22-23,37-38H,7,10-16,19H2,1-3H3,(H,30,35)/t22?,23-/m0/s1. The lowest BCUT2D eigenvalue weighted by Crippen LogP contribution is -2.55. The Morgan fingerprint density at radius 3 is 2.42 bits per heavy atom. The van der Waals surface area contributed by atoms with Crippen molar-refractivity contribution in [1.82, 2.24) is 20.0 Å². The van der Waals surface area contributed by atoms with Gasteiger partial charge in [0.1, 0.15) is 17.7 Å². The number of alkyl carbamates (subject to hydrolysis) is 1. The molecule has 0 bridgehead atoms. The number of hydrogen-bond acceptors (Lipinski definition) is 9. The number of rotatable bonds is 8. The molecule has 2 heterocycles. The summed E-state index contributed by atoms with van der Waals surface area (Å²) in [6, 6.07) is 11.1. The summed E-state index contributed by atoms with van der Waals surface area (Å²) >= 11 is 0. The van der Waals surface area contributed by atoms with Crippen LogP contribution in [0.1, 0.15) is 32.3 Å². The SMILES string of the molecule is COC(=O)N1CCN(C(C)(C)C=C(C#N)C(=O)N2CCCC(OC(=O)N[C@@H](Cc3ccccc3)B(O)O)C2)CC1. The summed E-state index contributed by atoms with van der Waals surface area (Å²) in [5.41, 5.74) is 0.198. The maximum atomic E-state index is 13.3. The zero-order valence-corrected chi connectivity index (χ0v) is 23.3. The van der Waals surface area contributed by atoms with E-state index >= 15 is 0 Å². The van der Waals surface area contributed by atoms with Crippen molar-refractivity contribution in [2.75, 3.05) is 46.4 Å². The van der Waals surface area contributed by atoms with Crippen LogP contribution in [-0.4, -0.2) is 114 Å². The van der Waals surface area contributed by atoms with Crippen LogP contribution >= 0.6 is 0 Å². The number of nitrogens with one attached hydrogen (secondary N) is 1. The second kappa shape index (κ2) is 14.2. The fourth-order valence-electron chi connectivity index (χ4n) is 5.01. The van der Waals surface area contributed by atoms with Gasteiger partial charge in [-0.2, -0.15) is 5.26 Å². The first-order valence-electron chi connectivity index (χ1n) is 13.4. The number of piperidine rings is 1. The van der Waals surface area contributed by atoms with E-state index in [1.807, 2.05) is 50.2 Å². The van der Waals surface area contributed by atoms with Crippen LogP contribution in [0.25, 0.3) is 0 Å². The maximum Gasteiger partial charge on any atom is 0.475 e. The number of nitriles is 1. The third-order valence-corrected chi connectivity index (χ3v) is 7.28. The molecule has 0 spiro atoms. The first-order valence-corrected chi connectivity index (χ1v) is 13.4. The van der Waals surface area contributed by atoms with E-state index in [4.69, 9.17) is 9.47 Å². The van der Waals surface area contributed by atoms with E-state index in [0.29, 0.717) is 45.6 Å². The van der Waals surface area contributed by atoms with Gasteiger partial charge in [-0.05, 0) is 44.7 Å². The minimum atomic E-state index is -1.78. The molecule has 2 aliphatic rings. The normalized spacial score (nSPS) is 19.3. The van der Waals surface area contributed by atoms with Crippen LogP contribution in [0.3, 0.4) is 0 Å². The molecule has 2 fully saturated rings. The first kappa shape index (κ1) is 30.9. The van der Waals surface area contributed by atoms with Crippen molar-refractivity contribution < 1.29 is 33.9 Å². The number of piperazine rings is 1. The maximum absolute atomic E-state index is 13.3. The highest BCUT2D eigenvalue weighted by molar-refractivity contribution is 6.43. The van der Waals surface area contributed by atoms with Crippen LogP contribution < -0.4 is 5.32 Å². The van der Waals surface area contributed by atoms with Gasteiger partial charge in [-0.25, -0.2) is 9.59 Å². The number of benzene rings is 1. The molecule has 0 saturated carbocycles. The monoisotopic (exact) mass is 555 g/mol. The average Bonchev–Trinajstić information content (AvgIpc) is 2.95. The van der Waals surface area contributed by atoms with Crippen LogP contribution in [0.5, 0.6) is 0 Å². The number of carbonyl (C=O) groups excluding carboxylic acids is 3. The van der Waals surface area contributed by atoms with Gasteiger partial charge in [0.05, 0.1) is 19.6 Å². The van der Waals surface area contributed by atoms with Gasteiger partial charge in [0.15, 0.2) is 0 Å². The van der Waals surface area contributed by atoms with Gasteiger partial charge < -0.3 is 34.6 Å². The number of amides is 3. The number of nitrogens with zero attached hydrogens (tertiary/aromatic N) is 4. The summed E-state index contributed by atoms with van der Waals surface area (Å²) < 4.78 is 10.3. The van der Waals surface area contributed by atoms with E-state index < -0.39 is 36.7 Å². The molecule has 2 atom stereocenters. The summed E-state index contributed by atoms with van der Waals surface area (Å²) in [5, 5.41) is 31.8. The molecule has 2 saturated heterocycles. The quantitative estimate of drug-likeness (QED) is 0.241. The molecule has 216 valence electrons. The molecule has 3 rings (SSSR count). The Morgan fingerprint density at radius 2 is 1.82 bits per heavy atom. The van der Waals surface area contributed by atoms with Gasteiger partial charge in [0, 0.05) is 38.3 Å². The zero-order chi connectivity index (χ0) is 29.3. The Bertz CT molecular complexity index is 1100. The number of methoxy groups -OCH3 is 1. The molecule has 1 aromatic carbocycles. The summed E-state index contributed by atoms with van der Waals surface area (Å²) in [6.45, 7) is 6.46. The molecule has 2 aliphatic heterocycles. The third-order valence-electron chi connectivity index (χ3n) is 7.28. The summed E-state index contributed by atoms with van der Waals surface area (Å²) in [6.07, 6.45) is 1.17. The molecular formula is C27H38BN5O7. The average molecular weight is 555 g/mol. The predicted molar refractivity (Wildman–Crippen MR) is 147 cm³/mol. The highest BCUT2D eigenvalue weighted by atomic mass is 16.6. The van der Waals surface area contributed by atoms with E-state index in [1.54, 1.807) is 11.0 Å².